The van der Waals surface area contributed by atoms with Crippen LogP contribution in [0, 0.1) is 11.6 Å². The number of rotatable bonds is 12. The fourth-order valence-electron chi connectivity index (χ4n) is 3.99. The molecule has 0 bridgehead atoms. The second-order valence-corrected chi connectivity index (χ2v) is 8.76. The van der Waals surface area contributed by atoms with Gasteiger partial charge in [-0.2, -0.15) is 0 Å². The summed E-state index contributed by atoms with van der Waals surface area (Å²) in [6.07, 6.45) is 10.2. The van der Waals surface area contributed by atoms with Crippen molar-refractivity contribution in [2.75, 3.05) is 0 Å². The molecule has 0 aromatic heterocycles. The van der Waals surface area contributed by atoms with Gasteiger partial charge in [0.25, 0.3) is 0 Å². The van der Waals surface area contributed by atoms with Gasteiger partial charge in [-0.1, -0.05) is 72.3 Å². The van der Waals surface area contributed by atoms with Crippen molar-refractivity contribution in [1.29, 1.82) is 0 Å². The molecule has 0 aliphatic rings. The molecule has 0 radical (unpaired) electrons. The minimum atomic E-state index is -0.299. The van der Waals surface area contributed by atoms with Crippen LogP contribution in [-0.4, -0.2) is 0 Å². The predicted octanol–water partition coefficient (Wildman–Crippen LogP) is 9.09. The van der Waals surface area contributed by atoms with Crippen molar-refractivity contribution in [3.8, 4) is 11.1 Å². The first-order chi connectivity index (χ1) is 16.0. The Hall–Kier alpha value is -2.71. The molecule has 3 aromatic carbocycles. The van der Waals surface area contributed by atoms with Crippen LogP contribution in [0.25, 0.3) is 11.1 Å². The lowest BCUT2D eigenvalue weighted by molar-refractivity contribution is 0.606. The van der Waals surface area contributed by atoms with Crippen molar-refractivity contribution in [3.05, 3.63) is 119 Å². The molecule has 0 N–H and O–H groups in total. The van der Waals surface area contributed by atoms with E-state index < -0.39 is 0 Å². The van der Waals surface area contributed by atoms with Crippen LogP contribution < -0.4 is 0 Å². The Balaban J connectivity index is 1.53. The highest BCUT2D eigenvalue weighted by Crippen LogP contribution is 2.27. The minimum absolute atomic E-state index is 0.191. The van der Waals surface area contributed by atoms with Crippen molar-refractivity contribution < 1.29 is 8.78 Å². The van der Waals surface area contributed by atoms with Gasteiger partial charge in [0.1, 0.15) is 11.6 Å². The molecule has 0 heterocycles. The molecule has 172 valence electrons. The smallest absolute Gasteiger partial charge is 0.145 e. The van der Waals surface area contributed by atoms with Gasteiger partial charge in [0.15, 0.2) is 0 Å². The third kappa shape index (κ3) is 6.88. The standard InChI is InChI=1S/C30H31ClF2/c1-3-5-9-23-15-20-27(28(32)21-23)24-16-13-22(14-17-24)10-7-8-12-25-18-19-26(11-6-4-2)30(33)29(25)31/h3-4,13-21H,1-2,5-12H2. The molecule has 3 aromatic rings. The largest absolute Gasteiger partial charge is 0.206 e. The van der Waals surface area contributed by atoms with E-state index in [4.69, 9.17) is 11.6 Å². The van der Waals surface area contributed by atoms with E-state index in [-0.39, 0.29) is 16.7 Å². The average molecular weight is 465 g/mol. The Labute approximate surface area is 201 Å². The van der Waals surface area contributed by atoms with Crippen LogP contribution in [0.5, 0.6) is 0 Å². The monoisotopic (exact) mass is 464 g/mol. The molecule has 0 atom stereocenters. The molecule has 3 rings (SSSR count). The Kier molecular flexibility index (Phi) is 9.45. The molecule has 0 spiro atoms. The van der Waals surface area contributed by atoms with Gasteiger partial charge in [-0.25, -0.2) is 8.78 Å². The number of unbranched alkanes of at least 4 members (excludes halogenated alkanes) is 1. The summed E-state index contributed by atoms with van der Waals surface area (Å²) >= 11 is 6.26. The molecular weight excluding hydrogens is 434 g/mol. The van der Waals surface area contributed by atoms with Crippen molar-refractivity contribution in [2.24, 2.45) is 0 Å². The second-order valence-electron chi connectivity index (χ2n) is 8.38. The maximum Gasteiger partial charge on any atom is 0.145 e. The lowest BCUT2D eigenvalue weighted by Crippen LogP contribution is -1.97. The van der Waals surface area contributed by atoms with Crippen LogP contribution in [0.2, 0.25) is 5.02 Å². The number of benzene rings is 3. The van der Waals surface area contributed by atoms with Gasteiger partial charge in [0.2, 0.25) is 0 Å². The maximum atomic E-state index is 14.6. The molecule has 0 saturated heterocycles. The summed E-state index contributed by atoms with van der Waals surface area (Å²) in [7, 11) is 0. The number of hydrogen-bond donors (Lipinski definition) is 0. The van der Waals surface area contributed by atoms with Gasteiger partial charge in [-0.3, -0.25) is 0 Å². The molecule has 3 heteroatoms. The van der Waals surface area contributed by atoms with E-state index in [0.717, 1.165) is 61.6 Å². The third-order valence-corrected chi connectivity index (χ3v) is 6.37. The highest BCUT2D eigenvalue weighted by molar-refractivity contribution is 6.31. The Morgan fingerprint density at radius 2 is 1.33 bits per heavy atom. The zero-order valence-electron chi connectivity index (χ0n) is 19.1. The van der Waals surface area contributed by atoms with E-state index in [1.165, 1.54) is 5.56 Å². The Bertz CT molecular complexity index is 1080. The van der Waals surface area contributed by atoms with E-state index in [0.29, 0.717) is 17.5 Å². The lowest BCUT2D eigenvalue weighted by Gasteiger charge is -2.10. The summed E-state index contributed by atoms with van der Waals surface area (Å²) in [6, 6.07) is 17.3. The fourth-order valence-corrected chi connectivity index (χ4v) is 4.26. The van der Waals surface area contributed by atoms with Gasteiger partial charge in [-0.05, 0) is 85.3 Å². The van der Waals surface area contributed by atoms with Gasteiger partial charge >= 0.3 is 0 Å². The van der Waals surface area contributed by atoms with E-state index in [1.54, 1.807) is 12.1 Å². The Morgan fingerprint density at radius 3 is 2.03 bits per heavy atom. The van der Waals surface area contributed by atoms with Crippen molar-refractivity contribution in [3.63, 3.8) is 0 Å². The summed E-state index contributed by atoms with van der Waals surface area (Å²) in [4.78, 5) is 0. The van der Waals surface area contributed by atoms with E-state index in [2.05, 4.69) is 25.3 Å². The van der Waals surface area contributed by atoms with E-state index >= 15 is 0 Å². The summed E-state index contributed by atoms with van der Waals surface area (Å²) in [6.45, 7) is 7.40. The normalized spacial score (nSPS) is 10.9. The van der Waals surface area contributed by atoms with E-state index in [9.17, 15) is 8.78 Å². The quantitative estimate of drug-likeness (QED) is 0.185. The zero-order valence-corrected chi connectivity index (χ0v) is 19.8. The van der Waals surface area contributed by atoms with Gasteiger partial charge in [0.05, 0.1) is 5.02 Å². The van der Waals surface area contributed by atoms with Crippen LogP contribution in [0.15, 0.2) is 79.9 Å². The first-order valence-corrected chi connectivity index (χ1v) is 12.0. The predicted molar refractivity (Wildman–Crippen MR) is 137 cm³/mol. The number of aryl methyl sites for hydroxylation is 4. The van der Waals surface area contributed by atoms with Crippen LogP contribution in [0.4, 0.5) is 8.78 Å². The lowest BCUT2D eigenvalue weighted by atomic mass is 9.98. The molecule has 0 aliphatic heterocycles. The molecule has 0 aliphatic carbocycles. The maximum absolute atomic E-state index is 14.6. The number of halogens is 3. The average Bonchev–Trinajstić information content (AvgIpc) is 2.83. The molecular formula is C30H31ClF2. The van der Waals surface area contributed by atoms with Crippen LogP contribution >= 0.6 is 11.6 Å². The first-order valence-electron chi connectivity index (χ1n) is 11.6. The van der Waals surface area contributed by atoms with Gasteiger partial charge < -0.3 is 0 Å². The topological polar surface area (TPSA) is 0 Å². The van der Waals surface area contributed by atoms with E-state index in [1.807, 2.05) is 42.5 Å². The molecule has 0 saturated carbocycles. The van der Waals surface area contributed by atoms with Crippen LogP contribution in [-0.2, 0) is 25.7 Å². The van der Waals surface area contributed by atoms with Crippen LogP contribution in [0.3, 0.4) is 0 Å². The van der Waals surface area contributed by atoms with Crippen LogP contribution in [0.1, 0.15) is 47.9 Å². The zero-order chi connectivity index (χ0) is 23.6. The molecule has 0 nitrogen and oxygen atoms in total. The van der Waals surface area contributed by atoms with Crippen molar-refractivity contribution >= 4 is 11.6 Å². The molecule has 33 heavy (non-hydrogen) atoms. The third-order valence-electron chi connectivity index (χ3n) is 5.96. The molecule has 0 fully saturated rings. The van der Waals surface area contributed by atoms with Crippen molar-refractivity contribution in [1.82, 2.24) is 0 Å². The second kappa shape index (κ2) is 12.5. The summed E-state index contributed by atoms with van der Waals surface area (Å²) in [5, 5.41) is 0.249. The molecule has 0 amide bonds. The highest BCUT2D eigenvalue weighted by atomic mass is 35.5. The van der Waals surface area contributed by atoms with Gasteiger partial charge in [-0.15, -0.1) is 13.2 Å². The highest BCUT2D eigenvalue weighted by Gasteiger charge is 2.11. The Morgan fingerprint density at radius 1 is 0.697 bits per heavy atom. The number of hydrogen-bond acceptors (Lipinski definition) is 0. The molecule has 0 unspecified atom stereocenters. The first kappa shape index (κ1) is 24.9. The summed E-state index contributed by atoms with van der Waals surface area (Å²) in [5.41, 5.74) is 5.20. The number of allylic oxidation sites excluding steroid dienone is 2. The summed E-state index contributed by atoms with van der Waals surface area (Å²) in [5.74, 6) is -0.489. The summed E-state index contributed by atoms with van der Waals surface area (Å²) < 4.78 is 29.0. The SMILES string of the molecule is C=CCCc1ccc(-c2ccc(CCCCc3ccc(CCC=C)c(F)c3Cl)cc2)c(F)c1. The van der Waals surface area contributed by atoms with Gasteiger partial charge in [0, 0.05) is 5.56 Å². The minimum Gasteiger partial charge on any atom is -0.206 e. The fraction of sp³-hybridized carbons (Fsp3) is 0.267. The van der Waals surface area contributed by atoms with Crippen molar-refractivity contribution in [2.45, 2.75) is 51.4 Å².